The van der Waals surface area contributed by atoms with Crippen molar-refractivity contribution in [3.63, 3.8) is 0 Å². The predicted molar refractivity (Wildman–Crippen MR) is 46.2 cm³/mol. The van der Waals surface area contributed by atoms with Crippen molar-refractivity contribution >= 4 is 24.1 Å². The molecule has 0 unspecified atom stereocenters. The molecule has 0 aromatic carbocycles. The second kappa shape index (κ2) is 5.23. The van der Waals surface area contributed by atoms with Crippen molar-refractivity contribution in [2.24, 2.45) is 21.7 Å². The summed E-state index contributed by atoms with van der Waals surface area (Å²) in [6.07, 6.45) is 0. The molecule has 0 aliphatic carbocycles. The largest absolute Gasteiger partial charge is 0.637 e. The molecule has 4 N–H and O–H groups in total. The molecule has 0 bridgehead atoms. The lowest BCUT2D eigenvalue weighted by Crippen LogP contribution is -2.33. The van der Waals surface area contributed by atoms with E-state index in [0.29, 0.717) is 0 Å². The molecule has 86 valence electrons. The second-order valence-electron chi connectivity index (χ2n) is 2.31. The lowest BCUT2D eigenvalue weighted by Gasteiger charge is -1.96. The number of nitrogens with two attached hydrogens (primary N) is 2. The number of carbonyl (C=O) groups excluding carboxylic acids is 4. The zero-order valence-corrected chi connectivity index (χ0v) is 8.02. The fourth-order valence-electron chi connectivity index (χ4n) is 0.410. The summed E-state index contributed by atoms with van der Waals surface area (Å²) in [6.45, 7) is 0. The number of nitrogens with zero attached hydrogens (tertiary/aromatic N) is 5. The van der Waals surface area contributed by atoms with Gasteiger partial charge < -0.3 is 5.53 Å². The molecule has 11 nitrogen and oxygen atoms in total. The molecule has 0 atom stereocenters. The summed E-state index contributed by atoms with van der Waals surface area (Å²) in [5.41, 5.74) is 16.8. The topological polar surface area (TPSA) is 174 Å². The quantitative estimate of drug-likeness (QED) is 0.432. The van der Waals surface area contributed by atoms with Gasteiger partial charge in [-0.25, -0.2) is 28.8 Å². The number of urea groups is 4. The number of carbonyl (C=O) groups is 4. The highest BCUT2D eigenvalue weighted by atomic mass is 16.2. The van der Waals surface area contributed by atoms with Crippen LogP contribution in [-0.4, -0.2) is 40.8 Å². The molecule has 1 aliphatic heterocycles. The Morgan fingerprint density at radius 3 is 1.56 bits per heavy atom. The summed E-state index contributed by atoms with van der Waals surface area (Å²) >= 11 is 0. The summed E-state index contributed by atoms with van der Waals surface area (Å²) < 4.78 is -0.389. The first-order valence-electron chi connectivity index (χ1n) is 3.58. The van der Waals surface area contributed by atoms with E-state index >= 15 is 0 Å². The van der Waals surface area contributed by atoms with Crippen molar-refractivity contribution in [2.45, 2.75) is 0 Å². The van der Waals surface area contributed by atoms with E-state index in [1.807, 2.05) is 0 Å². The molecule has 0 radical (unpaired) electrons. The van der Waals surface area contributed by atoms with Crippen LogP contribution in [0.3, 0.4) is 0 Å². The van der Waals surface area contributed by atoms with Crippen LogP contribution in [0.2, 0.25) is 0 Å². The van der Waals surface area contributed by atoms with E-state index in [1.54, 1.807) is 0 Å². The Balaban J connectivity index is 0.000000281. The molecule has 0 fully saturated rings. The zero-order valence-electron chi connectivity index (χ0n) is 8.02. The minimum atomic E-state index is -1.29. The van der Waals surface area contributed by atoms with E-state index < -0.39 is 24.1 Å². The van der Waals surface area contributed by atoms with Gasteiger partial charge in [-0.2, -0.15) is 0 Å². The van der Waals surface area contributed by atoms with E-state index in [0.717, 1.165) is 4.90 Å². The molecule has 0 aromatic heterocycles. The maximum atomic E-state index is 10.2. The monoisotopic (exact) mass is 229 g/mol. The first-order chi connectivity index (χ1) is 7.27. The van der Waals surface area contributed by atoms with Crippen molar-refractivity contribution in [3.8, 4) is 0 Å². The molecule has 1 heterocycles. The fourth-order valence-corrected chi connectivity index (χ4v) is 0.410. The Hall–Kier alpha value is -2.72. The normalized spacial score (nSPS) is 13.2. The van der Waals surface area contributed by atoms with Crippen LogP contribution in [-0.2, 0) is 0 Å². The van der Waals surface area contributed by atoms with Gasteiger partial charge in [-0.1, -0.05) is 10.2 Å². The Labute approximate surface area is 88.2 Å². The Morgan fingerprint density at radius 2 is 1.50 bits per heavy atom. The number of imide groups is 2. The molecule has 1 aliphatic rings. The van der Waals surface area contributed by atoms with Crippen LogP contribution >= 0.6 is 0 Å². The Morgan fingerprint density at radius 1 is 1.19 bits per heavy atom. The van der Waals surface area contributed by atoms with Gasteiger partial charge in [-0.3, -0.25) is 11.5 Å². The first kappa shape index (κ1) is 13.3. The van der Waals surface area contributed by atoms with Crippen LogP contribution in [0.1, 0.15) is 0 Å². The number of rotatable bonds is 0. The van der Waals surface area contributed by atoms with Gasteiger partial charge in [-0.05, 0) is 0 Å². The molecule has 8 amide bonds. The van der Waals surface area contributed by atoms with Gasteiger partial charge in [0.1, 0.15) is 0 Å². The predicted octanol–water partition coefficient (Wildman–Crippen LogP) is -0.198. The number of amides is 8. The van der Waals surface area contributed by atoms with Crippen LogP contribution < -0.4 is 11.5 Å². The van der Waals surface area contributed by atoms with Crippen molar-refractivity contribution in [2.75, 3.05) is 7.05 Å². The van der Waals surface area contributed by atoms with Crippen molar-refractivity contribution in [1.82, 2.24) is 4.90 Å². The summed E-state index contributed by atoms with van der Waals surface area (Å²) in [7, 11) is 1.32. The van der Waals surface area contributed by atoms with Gasteiger partial charge in [-0.15, -0.1) is 0 Å². The lowest BCUT2D eigenvalue weighted by atomic mass is 10.8. The standard InChI is InChI=1S/C3H3N3O2.C2H4N4O2/c1-6-2(7)4-5-3(6)8;3-1(7)6(5)2(4)8/h1H3;(H2,3,7)(H2,4,8). The number of hydrogen-bond donors (Lipinski definition) is 2. The molecular formula is C5H7N7O4. The van der Waals surface area contributed by atoms with Gasteiger partial charge in [0.25, 0.3) is 0 Å². The third-order valence-electron chi connectivity index (χ3n) is 1.21. The molecule has 1 rings (SSSR count). The van der Waals surface area contributed by atoms with E-state index in [2.05, 4.69) is 21.7 Å². The average Bonchev–Trinajstić information content (AvgIpc) is 2.49. The number of azo groups is 1. The summed E-state index contributed by atoms with van der Waals surface area (Å²) in [5, 5.41) is 5.92. The maximum Gasteiger partial charge on any atom is 0.424 e. The minimum Gasteiger partial charge on any atom is -0.637 e. The van der Waals surface area contributed by atoms with Crippen LogP contribution in [0.4, 0.5) is 19.2 Å². The van der Waals surface area contributed by atoms with E-state index in [4.69, 9.17) is 5.53 Å². The van der Waals surface area contributed by atoms with Gasteiger partial charge in [0.05, 0.1) is 0 Å². The third-order valence-corrected chi connectivity index (χ3v) is 1.21. The minimum absolute atomic E-state index is 0.389. The molecule has 0 saturated heterocycles. The highest BCUT2D eigenvalue weighted by Crippen LogP contribution is 2.01. The molecule has 0 spiro atoms. The SMILES string of the molecule is CN1C(=O)N=NC1=O.[N-]=[N+](C(N)=O)C(N)=O. The highest BCUT2D eigenvalue weighted by molar-refractivity contribution is 5.97. The summed E-state index contributed by atoms with van der Waals surface area (Å²) in [6, 6.07) is -3.79. The van der Waals surface area contributed by atoms with Crippen LogP contribution in [0.15, 0.2) is 10.2 Å². The first-order valence-corrected chi connectivity index (χ1v) is 3.58. The highest BCUT2D eigenvalue weighted by Gasteiger charge is 2.21. The van der Waals surface area contributed by atoms with Crippen molar-refractivity contribution in [3.05, 3.63) is 5.53 Å². The van der Waals surface area contributed by atoms with Crippen LogP contribution in [0.25, 0.3) is 5.53 Å². The lowest BCUT2D eigenvalue weighted by molar-refractivity contribution is -0.341. The second-order valence-corrected chi connectivity index (χ2v) is 2.31. The smallest absolute Gasteiger partial charge is 0.424 e. The van der Waals surface area contributed by atoms with Crippen molar-refractivity contribution in [1.29, 1.82) is 0 Å². The van der Waals surface area contributed by atoms with E-state index in [9.17, 15) is 19.2 Å². The number of primary amides is 2. The molecule has 11 heteroatoms. The van der Waals surface area contributed by atoms with Gasteiger partial charge >= 0.3 is 24.1 Å². The maximum absolute atomic E-state index is 10.2. The number of hydrogen-bond acceptors (Lipinski definition) is 4. The Kier molecular flexibility index (Phi) is 4.34. The van der Waals surface area contributed by atoms with Crippen LogP contribution in [0, 0.1) is 0 Å². The third kappa shape index (κ3) is 3.57. The van der Waals surface area contributed by atoms with Gasteiger partial charge in [0, 0.05) is 7.05 Å². The van der Waals surface area contributed by atoms with Gasteiger partial charge in [0.2, 0.25) is 0 Å². The molecule has 16 heavy (non-hydrogen) atoms. The molecular weight excluding hydrogens is 222 g/mol. The zero-order chi connectivity index (χ0) is 12.9. The van der Waals surface area contributed by atoms with Crippen molar-refractivity contribution < 1.29 is 23.9 Å². The van der Waals surface area contributed by atoms with Gasteiger partial charge in [0.15, 0.2) is 0 Å². The van der Waals surface area contributed by atoms with Crippen LogP contribution in [0.5, 0.6) is 0 Å². The molecule has 0 saturated carbocycles. The fraction of sp³-hybridized carbons (Fsp3) is 0.200. The summed E-state index contributed by atoms with van der Waals surface area (Å²) in [5.74, 6) is 0. The summed E-state index contributed by atoms with van der Waals surface area (Å²) in [4.78, 5) is 40.8. The van der Waals surface area contributed by atoms with E-state index in [1.165, 1.54) is 7.05 Å². The van der Waals surface area contributed by atoms with E-state index in [-0.39, 0.29) is 4.70 Å². The molecule has 0 aromatic rings. The average molecular weight is 229 g/mol. The Bertz CT molecular complexity index is 366.